The molecule has 2 aromatic carbocycles. The Morgan fingerprint density at radius 3 is 2.53 bits per heavy atom. The molecule has 2 aromatic rings. The van der Waals surface area contributed by atoms with Crippen molar-refractivity contribution < 1.29 is 14.3 Å². The van der Waals surface area contributed by atoms with E-state index in [2.05, 4.69) is 12.2 Å². The zero-order valence-corrected chi connectivity index (χ0v) is 18.3. The molecule has 6 heteroatoms. The Kier molecular flexibility index (Phi) is 7.75. The number of amides is 2. The zero-order valence-electron chi connectivity index (χ0n) is 17.6. The van der Waals surface area contributed by atoms with E-state index in [1.54, 1.807) is 12.1 Å². The van der Waals surface area contributed by atoms with E-state index >= 15 is 0 Å². The van der Waals surface area contributed by atoms with Gasteiger partial charge in [-0.2, -0.15) is 0 Å². The fourth-order valence-corrected chi connectivity index (χ4v) is 3.72. The number of para-hydroxylation sites is 1. The third-order valence-electron chi connectivity index (χ3n) is 5.28. The van der Waals surface area contributed by atoms with Gasteiger partial charge in [-0.1, -0.05) is 35.9 Å². The molecule has 0 aromatic heterocycles. The van der Waals surface area contributed by atoms with Crippen molar-refractivity contribution in [2.75, 3.05) is 13.2 Å². The predicted octanol–water partition coefficient (Wildman–Crippen LogP) is 5.00. The fourth-order valence-electron chi connectivity index (χ4n) is 3.59. The fraction of sp³-hybridized carbons (Fsp3) is 0.417. The van der Waals surface area contributed by atoms with Gasteiger partial charge in [-0.15, -0.1) is 0 Å². The molecule has 160 valence electrons. The minimum Gasteiger partial charge on any atom is -0.493 e. The summed E-state index contributed by atoms with van der Waals surface area (Å²) in [6.45, 7) is 4.89. The van der Waals surface area contributed by atoms with Crippen LogP contribution < -0.4 is 10.1 Å². The molecule has 1 aliphatic carbocycles. The minimum atomic E-state index is -0.180. The second-order valence-electron chi connectivity index (χ2n) is 7.55. The summed E-state index contributed by atoms with van der Waals surface area (Å²) in [5.74, 6) is 0.522. The van der Waals surface area contributed by atoms with Crippen LogP contribution in [0.5, 0.6) is 5.75 Å². The van der Waals surface area contributed by atoms with E-state index in [1.807, 2.05) is 48.2 Å². The summed E-state index contributed by atoms with van der Waals surface area (Å²) in [5.41, 5.74) is 1.60. The first-order valence-electron chi connectivity index (χ1n) is 10.6. The van der Waals surface area contributed by atoms with Crippen molar-refractivity contribution in [3.63, 3.8) is 0 Å². The molecule has 1 aliphatic rings. The molecule has 3 rings (SSSR count). The van der Waals surface area contributed by atoms with Crippen LogP contribution in [0.1, 0.15) is 61.5 Å². The number of halogens is 1. The number of carbonyl (C=O) groups excluding carboxylic acids is 2. The van der Waals surface area contributed by atoms with E-state index in [9.17, 15) is 9.59 Å². The molecule has 0 saturated heterocycles. The van der Waals surface area contributed by atoms with Crippen LogP contribution in [-0.2, 0) is 4.79 Å². The van der Waals surface area contributed by atoms with Crippen molar-refractivity contribution in [2.45, 2.75) is 51.6 Å². The van der Waals surface area contributed by atoms with Crippen molar-refractivity contribution in [1.29, 1.82) is 0 Å². The van der Waals surface area contributed by atoms with Gasteiger partial charge in [0.2, 0.25) is 5.91 Å². The highest BCUT2D eigenvalue weighted by Gasteiger charge is 2.35. The standard InChI is InChI=1S/C24H29ClN2O3/c1-3-30-22-8-5-4-7-21(22)24(29)26-16-6-9-23(28)27(20-14-15-20)17(2)18-10-12-19(25)13-11-18/h4-5,7-8,10-13,17,20H,3,6,9,14-16H2,1-2H3,(H,26,29). The van der Waals surface area contributed by atoms with Crippen molar-refractivity contribution in [3.05, 3.63) is 64.7 Å². The SMILES string of the molecule is CCOc1ccccc1C(=O)NCCCC(=O)N(C1CC1)C(C)c1ccc(Cl)cc1. The number of nitrogens with one attached hydrogen (secondary N) is 1. The Morgan fingerprint density at radius 1 is 1.17 bits per heavy atom. The average molecular weight is 429 g/mol. The van der Waals surface area contributed by atoms with Crippen molar-refractivity contribution in [3.8, 4) is 5.75 Å². The van der Waals surface area contributed by atoms with E-state index in [0.29, 0.717) is 48.4 Å². The predicted molar refractivity (Wildman–Crippen MR) is 119 cm³/mol. The Morgan fingerprint density at radius 2 is 1.87 bits per heavy atom. The lowest BCUT2D eigenvalue weighted by Gasteiger charge is -2.30. The van der Waals surface area contributed by atoms with Crippen molar-refractivity contribution in [2.24, 2.45) is 0 Å². The van der Waals surface area contributed by atoms with E-state index in [4.69, 9.17) is 16.3 Å². The lowest BCUT2D eigenvalue weighted by molar-refractivity contribution is -0.134. The zero-order chi connectivity index (χ0) is 21.5. The number of ether oxygens (including phenoxy) is 1. The normalized spacial score (nSPS) is 14.1. The van der Waals surface area contributed by atoms with Gasteiger partial charge >= 0.3 is 0 Å². The molecule has 0 spiro atoms. The maximum atomic E-state index is 12.9. The summed E-state index contributed by atoms with van der Waals surface area (Å²) >= 11 is 5.99. The molecule has 1 unspecified atom stereocenters. The number of hydrogen-bond acceptors (Lipinski definition) is 3. The topological polar surface area (TPSA) is 58.6 Å². The summed E-state index contributed by atoms with van der Waals surface area (Å²) < 4.78 is 5.51. The van der Waals surface area contributed by atoms with Crippen molar-refractivity contribution in [1.82, 2.24) is 10.2 Å². The molecule has 30 heavy (non-hydrogen) atoms. The number of carbonyl (C=O) groups is 2. The number of nitrogens with zero attached hydrogens (tertiary/aromatic N) is 1. The summed E-state index contributed by atoms with van der Waals surface area (Å²) in [5, 5.41) is 3.59. The smallest absolute Gasteiger partial charge is 0.255 e. The molecule has 1 atom stereocenters. The van der Waals surface area contributed by atoms with E-state index < -0.39 is 0 Å². The quantitative estimate of drug-likeness (QED) is 0.541. The molecule has 0 radical (unpaired) electrons. The monoisotopic (exact) mass is 428 g/mol. The Labute approximate surface area is 183 Å². The van der Waals surface area contributed by atoms with Gasteiger partial charge in [-0.25, -0.2) is 0 Å². The first-order valence-corrected chi connectivity index (χ1v) is 11.0. The van der Waals surface area contributed by atoms with Crippen LogP contribution in [0.2, 0.25) is 5.02 Å². The van der Waals surface area contributed by atoms with Gasteiger partial charge in [-0.3, -0.25) is 9.59 Å². The van der Waals surface area contributed by atoms with Crippen LogP contribution in [0.3, 0.4) is 0 Å². The van der Waals surface area contributed by atoms with Crippen LogP contribution in [-0.4, -0.2) is 35.9 Å². The van der Waals surface area contributed by atoms with Crippen LogP contribution >= 0.6 is 11.6 Å². The van der Waals surface area contributed by atoms with Gasteiger partial charge < -0.3 is 15.0 Å². The maximum absolute atomic E-state index is 12.9. The van der Waals surface area contributed by atoms with Gasteiger partial charge in [0.1, 0.15) is 5.75 Å². The van der Waals surface area contributed by atoms with Crippen LogP contribution in [0.25, 0.3) is 0 Å². The van der Waals surface area contributed by atoms with Gasteiger partial charge in [0.15, 0.2) is 0 Å². The molecular weight excluding hydrogens is 400 g/mol. The van der Waals surface area contributed by atoms with Gasteiger partial charge in [0.25, 0.3) is 5.91 Å². The second-order valence-corrected chi connectivity index (χ2v) is 7.98. The number of rotatable bonds is 10. The second kappa shape index (κ2) is 10.5. The number of benzene rings is 2. The van der Waals surface area contributed by atoms with Crippen LogP contribution in [0, 0.1) is 0 Å². The molecule has 0 aliphatic heterocycles. The third-order valence-corrected chi connectivity index (χ3v) is 5.53. The van der Waals surface area contributed by atoms with E-state index in [-0.39, 0.29) is 17.9 Å². The lowest BCUT2D eigenvalue weighted by atomic mass is 10.1. The first kappa shape index (κ1) is 22.2. The molecule has 2 amide bonds. The molecule has 1 saturated carbocycles. The summed E-state index contributed by atoms with van der Waals surface area (Å²) in [7, 11) is 0. The lowest BCUT2D eigenvalue weighted by Crippen LogP contribution is -2.36. The highest BCUT2D eigenvalue weighted by Crippen LogP contribution is 2.35. The highest BCUT2D eigenvalue weighted by atomic mass is 35.5. The van der Waals surface area contributed by atoms with Crippen molar-refractivity contribution >= 4 is 23.4 Å². The Bertz CT molecular complexity index is 865. The largest absolute Gasteiger partial charge is 0.493 e. The molecule has 0 bridgehead atoms. The van der Waals surface area contributed by atoms with Crippen LogP contribution in [0.15, 0.2) is 48.5 Å². The highest BCUT2D eigenvalue weighted by molar-refractivity contribution is 6.30. The Balaban J connectivity index is 1.51. The van der Waals surface area contributed by atoms with Gasteiger partial charge in [-0.05, 0) is 62.9 Å². The van der Waals surface area contributed by atoms with E-state index in [0.717, 1.165) is 18.4 Å². The molecule has 1 N–H and O–H groups in total. The van der Waals surface area contributed by atoms with Gasteiger partial charge in [0.05, 0.1) is 18.2 Å². The number of hydrogen-bond donors (Lipinski definition) is 1. The molecule has 1 fully saturated rings. The maximum Gasteiger partial charge on any atom is 0.255 e. The van der Waals surface area contributed by atoms with Gasteiger partial charge in [0, 0.05) is 24.0 Å². The molecule has 5 nitrogen and oxygen atoms in total. The minimum absolute atomic E-state index is 0.00919. The third kappa shape index (κ3) is 5.76. The summed E-state index contributed by atoms with van der Waals surface area (Å²) in [4.78, 5) is 27.4. The first-order chi connectivity index (χ1) is 14.5. The van der Waals surface area contributed by atoms with Crippen LogP contribution in [0.4, 0.5) is 0 Å². The Hall–Kier alpha value is -2.53. The molecular formula is C24H29ClN2O3. The summed E-state index contributed by atoms with van der Waals surface area (Å²) in [6, 6.07) is 15.2. The van der Waals surface area contributed by atoms with E-state index in [1.165, 1.54) is 0 Å². The summed E-state index contributed by atoms with van der Waals surface area (Å²) in [6.07, 6.45) is 3.10. The molecule has 0 heterocycles. The average Bonchev–Trinajstić information content (AvgIpc) is 3.57.